The highest BCUT2D eigenvalue weighted by Crippen LogP contribution is 2.36. The van der Waals surface area contributed by atoms with E-state index < -0.39 is 5.60 Å². The fourth-order valence-corrected chi connectivity index (χ4v) is 3.80. The van der Waals surface area contributed by atoms with Crippen molar-refractivity contribution in [1.82, 2.24) is 0 Å². The van der Waals surface area contributed by atoms with Crippen molar-refractivity contribution in [2.45, 2.75) is 51.0 Å². The predicted octanol–water partition coefficient (Wildman–Crippen LogP) is 5.32. The van der Waals surface area contributed by atoms with Crippen LogP contribution in [0.5, 0.6) is 5.75 Å². The highest BCUT2D eigenvalue weighted by Gasteiger charge is 2.32. The molecule has 1 atom stereocenters. The Labute approximate surface area is 151 Å². The van der Waals surface area contributed by atoms with Crippen molar-refractivity contribution in [3.8, 4) is 5.75 Å². The number of rotatable bonds is 4. The summed E-state index contributed by atoms with van der Waals surface area (Å²) in [5, 5.41) is 11.5. The van der Waals surface area contributed by atoms with Crippen molar-refractivity contribution < 1.29 is 9.84 Å². The Bertz CT molecular complexity index is 747. The van der Waals surface area contributed by atoms with Crippen LogP contribution in [0.2, 0.25) is 0 Å². The number of aryl methyl sites for hydroxylation is 1. The molecule has 1 aliphatic carbocycles. The van der Waals surface area contributed by atoms with Gasteiger partial charge in [0, 0.05) is 6.42 Å². The van der Waals surface area contributed by atoms with Gasteiger partial charge in [0.25, 0.3) is 0 Å². The van der Waals surface area contributed by atoms with Gasteiger partial charge in [-0.25, -0.2) is 0 Å². The molecule has 1 N–H and O–H groups in total. The highest BCUT2D eigenvalue weighted by atomic mass is 16.5. The summed E-state index contributed by atoms with van der Waals surface area (Å²) in [5.74, 6) is 0.852. The number of ether oxygens (including phenoxy) is 1. The van der Waals surface area contributed by atoms with Gasteiger partial charge in [0.05, 0.1) is 12.7 Å². The summed E-state index contributed by atoms with van der Waals surface area (Å²) in [6, 6.07) is 16.6. The SMILES string of the molecule is COc1cccc(C=C2CCCCCC2(O)Cc2cccc(C)c2)c1. The normalized spacial score (nSPS) is 22.6. The zero-order chi connectivity index (χ0) is 17.7. The zero-order valence-corrected chi connectivity index (χ0v) is 15.3. The van der Waals surface area contributed by atoms with E-state index in [4.69, 9.17) is 4.74 Å². The molecule has 3 rings (SSSR count). The summed E-state index contributed by atoms with van der Waals surface area (Å²) >= 11 is 0. The molecular formula is C23H28O2. The first-order valence-electron chi connectivity index (χ1n) is 9.22. The molecule has 0 aliphatic heterocycles. The molecule has 0 radical (unpaired) electrons. The van der Waals surface area contributed by atoms with E-state index >= 15 is 0 Å². The fraction of sp³-hybridized carbons (Fsp3) is 0.391. The van der Waals surface area contributed by atoms with Crippen molar-refractivity contribution in [2.24, 2.45) is 0 Å². The second-order valence-electron chi connectivity index (χ2n) is 7.20. The summed E-state index contributed by atoms with van der Waals surface area (Å²) in [6.07, 6.45) is 8.06. The van der Waals surface area contributed by atoms with Crippen LogP contribution in [0, 0.1) is 6.92 Å². The molecule has 0 spiro atoms. The molecule has 0 aromatic heterocycles. The van der Waals surface area contributed by atoms with Gasteiger partial charge in [-0.05, 0) is 55.0 Å². The standard InChI is InChI=1S/C23H28O2/c1-18-8-6-10-20(14-18)17-23(24)13-5-3-4-11-21(23)15-19-9-7-12-22(16-19)25-2/h6-10,12,14-16,24H,3-5,11,13,17H2,1-2H3. The maximum absolute atomic E-state index is 11.5. The third-order valence-corrected chi connectivity index (χ3v) is 5.15. The van der Waals surface area contributed by atoms with Gasteiger partial charge in [-0.15, -0.1) is 0 Å². The average molecular weight is 336 g/mol. The van der Waals surface area contributed by atoms with Gasteiger partial charge in [-0.3, -0.25) is 0 Å². The molecule has 1 saturated carbocycles. The van der Waals surface area contributed by atoms with Gasteiger partial charge in [0.2, 0.25) is 0 Å². The molecule has 0 bridgehead atoms. The molecule has 2 nitrogen and oxygen atoms in total. The quantitative estimate of drug-likeness (QED) is 0.765. The summed E-state index contributed by atoms with van der Waals surface area (Å²) in [4.78, 5) is 0. The Morgan fingerprint density at radius 2 is 1.92 bits per heavy atom. The smallest absolute Gasteiger partial charge is 0.119 e. The van der Waals surface area contributed by atoms with E-state index in [2.05, 4.69) is 43.3 Å². The van der Waals surface area contributed by atoms with Crippen LogP contribution < -0.4 is 4.74 Å². The first-order chi connectivity index (χ1) is 12.1. The third-order valence-electron chi connectivity index (χ3n) is 5.15. The largest absolute Gasteiger partial charge is 0.497 e. The molecule has 0 saturated heterocycles. The lowest BCUT2D eigenvalue weighted by Crippen LogP contribution is -2.33. The number of methoxy groups -OCH3 is 1. The lowest BCUT2D eigenvalue weighted by molar-refractivity contribution is 0.0693. The van der Waals surface area contributed by atoms with Crippen molar-refractivity contribution >= 4 is 6.08 Å². The molecule has 1 unspecified atom stereocenters. The van der Waals surface area contributed by atoms with Crippen molar-refractivity contribution in [1.29, 1.82) is 0 Å². The lowest BCUT2D eigenvalue weighted by Gasteiger charge is -2.30. The molecule has 1 aliphatic rings. The van der Waals surface area contributed by atoms with E-state index in [0.29, 0.717) is 6.42 Å². The van der Waals surface area contributed by atoms with Crippen LogP contribution in [0.15, 0.2) is 54.1 Å². The summed E-state index contributed by atoms with van der Waals surface area (Å²) in [6.45, 7) is 2.10. The van der Waals surface area contributed by atoms with Gasteiger partial charge in [-0.1, -0.05) is 60.9 Å². The van der Waals surface area contributed by atoms with Crippen LogP contribution in [-0.2, 0) is 6.42 Å². The third kappa shape index (κ3) is 4.52. The number of hydrogen-bond acceptors (Lipinski definition) is 2. The van der Waals surface area contributed by atoms with Crippen LogP contribution in [0.4, 0.5) is 0 Å². The van der Waals surface area contributed by atoms with Crippen LogP contribution in [0.25, 0.3) is 6.08 Å². The summed E-state index contributed by atoms with van der Waals surface area (Å²) in [7, 11) is 1.69. The Hall–Kier alpha value is -2.06. The summed E-state index contributed by atoms with van der Waals surface area (Å²) in [5.41, 5.74) is 3.94. The Balaban J connectivity index is 1.93. The minimum absolute atomic E-state index is 0.685. The molecule has 132 valence electrons. The Kier molecular flexibility index (Phi) is 5.60. The number of aliphatic hydroxyl groups is 1. The molecule has 25 heavy (non-hydrogen) atoms. The first-order valence-corrected chi connectivity index (χ1v) is 9.22. The topological polar surface area (TPSA) is 29.5 Å². The van der Waals surface area contributed by atoms with Crippen LogP contribution in [0.3, 0.4) is 0 Å². The van der Waals surface area contributed by atoms with E-state index in [1.165, 1.54) is 17.5 Å². The molecule has 2 aromatic carbocycles. The molecule has 0 heterocycles. The number of hydrogen-bond donors (Lipinski definition) is 1. The lowest BCUT2D eigenvalue weighted by atomic mass is 9.82. The van der Waals surface area contributed by atoms with Crippen molar-refractivity contribution in [2.75, 3.05) is 7.11 Å². The second-order valence-corrected chi connectivity index (χ2v) is 7.20. The zero-order valence-electron chi connectivity index (χ0n) is 15.3. The van der Waals surface area contributed by atoms with Crippen LogP contribution >= 0.6 is 0 Å². The van der Waals surface area contributed by atoms with E-state index in [1.54, 1.807) is 7.11 Å². The first kappa shape index (κ1) is 17.8. The molecule has 1 fully saturated rings. The van der Waals surface area contributed by atoms with Crippen LogP contribution in [-0.4, -0.2) is 17.8 Å². The molecule has 2 aromatic rings. The highest BCUT2D eigenvalue weighted by molar-refractivity contribution is 5.57. The van der Waals surface area contributed by atoms with E-state index in [1.807, 2.05) is 18.2 Å². The maximum Gasteiger partial charge on any atom is 0.119 e. The Morgan fingerprint density at radius 3 is 2.72 bits per heavy atom. The molecule has 2 heteroatoms. The fourth-order valence-electron chi connectivity index (χ4n) is 3.80. The minimum atomic E-state index is -0.757. The van der Waals surface area contributed by atoms with E-state index in [-0.39, 0.29) is 0 Å². The van der Waals surface area contributed by atoms with Gasteiger partial charge < -0.3 is 9.84 Å². The average Bonchev–Trinajstić information content (AvgIpc) is 2.77. The predicted molar refractivity (Wildman–Crippen MR) is 104 cm³/mol. The van der Waals surface area contributed by atoms with E-state index in [0.717, 1.165) is 42.6 Å². The van der Waals surface area contributed by atoms with Gasteiger partial charge in [-0.2, -0.15) is 0 Å². The minimum Gasteiger partial charge on any atom is -0.497 e. The van der Waals surface area contributed by atoms with Crippen molar-refractivity contribution in [3.05, 3.63) is 70.8 Å². The molecular weight excluding hydrogens is 308 g/mol. The van der Waals surface area contributed by atoms with Gasteiger partial charge >= 0.3 is 0 Å². The van der Waals surface area contributed by atoms with Crippen molar-refractivity contribution in [3.63, 3.8) is 0 Å². The van der Waals surface area contributed by atoms with Crippen LogP contribution in [0.1, 0.15) is 48.8 Å². The second kappa shape index (κ2) is 7.88. The van der Waals surface area contributed by atoms with Gasteiger partial charge in [0.15, 0.2) is 0 Å². The number of benzene rings is 2. The molecule has 0 amide bonds. The monoisotopic (exact) mass is 336 g/mol. The van der Waals surface area contributed by atoms with Gasteiger partial charge in [0.1, 0.15) is 5.75 Å². The Morgan fingerprint density at radius 1 is 1.08 bits per heavy atom. The van der Waals surface area contributed by atoms with E-state index in [9.17, 15) is 5.11 Å². The summed E-state index contributed by atoms with van der Waals surface area (Å²) < 4.78 is 5.34. The maximum atomic E-state index is 11.5.